The molecule has 2 aromatic carbocycles. The lowest BCUT2D eigenvalue weighted by molar-refractivity contribution is -0.115. The van der Waals surface area contributed by atoms with Gasteiger partial charge in [0.2, 0.25) is 5.91 Å². The summed E-state index contributed by atoms with van der Waals surface area (Å²) in [5, 5.41) is 3.18. The molecule has 1 heterocycles. The second kappa shape index (κ2) is 8.22. The van der Waals surface area contributed by atoms with Crippen LogP contribution in [0.1, 0.15) is 6.92 Å². The van der Waals surface area contributed by atoms with E-state index in [4.69, 9.17) is 14.2 Å². The van der Waals surface area contributed by atoms with E-state index in [1.165, 1.54) is 11.8 Å². The Morgan fingerprint density at radius 2 is 1.78 bits per heavy atom. The summed E-state index contributed by atoms with van der Waals surface area (Å²) >= 11 is 1.34. The maximum Gasteiger partial charge on any atom is 0.237 e. The van der Waals surface area contributed by atoms with Gasteiger partial charge < -0.3 is 24.5 Å². The summed E-state index contributed by atoms with van der Waals surface area (Å²) in [6.45, 7) is 1.82. The van der Waals surface area contributed by atoms with Crippen LogP contribution in [0.4, 0.5) is 5.69 Å². The molecule has 1 amide bonds. The minimum atomic E-state index is -0.372. The van der Waals surface area contributed by atoms with E-state index in [-0.39, 0.29) is 11.2 Å². The molecular formula is C19H21N3O4S. The van der Waals surface area contributed by atoms with Crippen molar-refractivity contribution in [3.05, 3.63) is 36.4 Å². The molecule has 0 bridgehead atoms. The number of amides is 1. The Morgan fingerprint density at radius 1 is 1.07 bits per heavy atom. The summed E-state index contributed by atoms with van der Waals surface area (Å²) < 4.78 is 15.7. The van der Waals surface area contributed by atoms with Crippen LogP contribution in [0, 0.1) is 0 Å². The number of carbonyl (C=O) groups is 1. The third kappa shape index (κ3) is 4.28. The van der Waals surface area contributed by atoms with Crippen LogP contribution in [0.15, 0.2) is 41.6 Å². The van der Waals surface area contributed by atoms with Gasteiger partial charge in [-0.25, -0.2) is 4.98 Å². The van der Waals surface area contributed by atoms with Crippen molar-refractivity contribution in [2.24, 2.45) is 0 Å². The molecule has 8 heteroatoms. The number of benzene rings is 2. The molecule has 1 unspecified atom stereocenters. The fourth-order valence-corrected chi connectivity index (χ4v) is 3.34. The Bertz CT molecular complexity index is 957. The summed E-state index contributed by atoms with van der Waals surface area (Å²) in [7, 11) is 4.74. The molecule has 0 saturated carbocycles. The zero-order chi connectivity index (χ0) is 19.4. The van der Waals surface area contributed by atoms with Gasteiger partial charge in [0.1, 0.15) is 17.2 Å². The summed E-state index contributed by atoms with van der Waals surface area (Å²) in [6.07, 6.45) is 0. The van der Waals surface area contributed by atoms with Crippen LogP contribution in [-0.2, 0) is 4.79 Å². The number of nitrogens with one attached hydrogen (secondary N) is 2. The summed E-state index contributed by atoms with van der Waals surface area (Å²) in [6, 6.07) is 10.8. The number of hydrogen-bond acceptors (Lipinski definition) is 6. The van der Waals surface area contributed by atoms with Crippen LogP contribution in [0.3, 0.4) is 0 Å². The highest BCUT2D eigenvalue weighted by Gasteiger charge is 2.19. The van der Waals surface area contributed by atoms with Crippen molar-refractivity contribution in [3.8, 4) is 17.2 Å². The Labute approximate surface area is 161 Å². The predicted molar refractivity (Wildman–Crippen MR) is 106 cm³/mol. The SMILES string of the molecule is COc1ccc(OC)c(NC(=O)C(C)Sc2nc3ccc(OC)cc3[nH]2)c1. The number of nitrogens with zero attached hydrogens (tertiary/aromatic N) is 1. The first kappa shape index (κ1) is 18.9. The van der Waals surface area contributed by atoms with Crippen LogP contribution in [-0.4, -0.2) is 42.5 Å². The monoisotopic (exact) mass is 387 g/mol. The van der Waals surface area contributed by atoms with Crippen molar-refractivity contribution < 1.29 is 19.0 Å². The Kier molecular flexibility index (Phi) is 5.75. The van der Waals surface area contributed by atoms with Crippen molar-refractivity contribution in [2.75, 3.05) is 26.6 Å². The lowest BCUT2D eigenvalue weighted by Crippen LogP contribution is -2.22. The predicted octanol–water partition coefficient (Wildman–Crippen LogP) is 3.71. The fraction of sp³-hybridized carbons (Fsp3) is 0.263. The van der Waals surface area contributed by atoms with E-state index < -0.39 is 0 Å². The van der Waals surface area contributed by atoms with Crippen molar-refractivity contribution in [2.45, 2.75) is 17.3 Å². The van der Waals surface area contributed by atoms with Gasteiger partial charge in [-0.3, -0.25) is 4.79 Å². The first-order chi connectivity index (χ1) is 13.0. The van der Waals surface area contributed by atoms with Gasteiger partial charge in [-0.2, -0.15) is 0 Å². The summed E-state index contributed by atoms with van der Waals surface area (Å²) in [4.78, 5) is 20.3. The van der Waals surface area contributed by atoms with Gasteiger partial charge in [0, 0.05) is 12.1 Å². The molecule has 1 aromatic heterocycles. The molecule has 0 aliphatic heterocycles. The molecule has 0 radical (unpaired) electrons. The second-order valence-electron chi connectivity index (χ2n) is 5.74. The molecule has 7 nitrogen and oxygen atoms in total. The molecular weight excluding hydrogens is 366 g/mol. The number of fused-ring (bicyclic) bond motifs is 1. The second-order valence-corrected chi connectivity index (χ2v) is 7.07. The smallest absolute Gasteiger partial charge is 0.237 e. The standard InChI is InChI=1S/C19H21N3O4S/c1-11(18(23)20-16-10-13(25-3)6-8-17(16)26-4)27-19-21-14-7-5-12(24-2)9-15(14)22-19/h5-11H,1-4H3,(H,20,23)(H,21,22). The van der Waals surface area contributed by atoms with Gasteiger partial charge in [0.15, 0.2) is 5.16 Å². The van der Waals surface area contributed by atoms with Gasteiger partial charge in [-0.1, -0.05) is 11.8 Å². The average Bonchev–Trinajstić information content (AvgIpc) is 3.08. The molecule has 0 saturated heterocycles. The van der Waals surface area contributed by atoms with E-state index in [2.05, 4.69) is 15.3 Å². The number of aromatic nitrogens is 2. The number of imidazole rings is 1. The van der Waals surface area contributed by atoms with Crippen LogP contribution in [0.5, 0.6) is 17.2 Å². The van der Waals surface area contributed by atoms with Crippen LogP contribution in [0.25, 0.3) is 11.0 Å². The van der Waals surface area contributed by atoms with Gasteiger partial charge >= 0.3 is 0 Å². The molecule has 27 heavy (non-hydrogen) atoms. The zero-order valence-electron chi connectivity index (χ0n) is 15.5. The Hall–Kier alpha value is -2.87. The van der Waals surface area contributed by atoms with Crippen molar-refractivity contribution in [3.63, 3.8) is 0 Å². The number of thioether (sulfide) groups is 1. The number of anilines is 1. The molecule has 0 aliphatic rings. The number of ether oxygens (including phenoxy) is 3. The molecule has 3 rings (SSSR count). The van der Waals surface area contributed by atoms with Gasteiger partial charge in [-0.15, -0.1) is 0 Å². The largest absolute Gasteiger partial charge is 0.497 e. The normalized spacial score (nSPS) is 11.9. The Morgan fingerprint density at radius 3 is 2.48 bits per heavy atom. The summed E-state index contributed by atoms with van der Waals surface area (Å²) in [5.41, 5.74) is 2.24. The van der Waals surface area contributed by atoms with Crippen molar-refractivity contribution in [1.82, 2.24) is 9.97 Å². The van der Waals surface area contributed by atoms with E-state index in [9.17, 15) is 4.79 Å². The highest BCUT2D eigenvalue weighted by atomic mass is 32.2. The quantitative estimate of drug-likeness (QED) is 0.601. The number of rotatable bonds is 7. The molecule has 3 aromatic rings. The third-order valence-electron chi connectivity index (χ3n) is 3.99. The highest BCUT2D eigenvalue weighted by Crippen LogP contribution is 2.31. The number of aromatic amines is 1. The van der Waals surface area contributed by atoms with Crippen LogP contribution < -0.4 is 19.5 Å². The lowest BCUT2D eigenvalue weighted by Gasteiger charge is -2.14. The zero-order valence-corrected chi connectivity index (χ0v) is 16.3. The number of hydrogen-bond donors (Lipinski definition) is 2. The lowest BCUT2D eigenvalue weighted by atomic mass is 10.2. The number of H-pyrrole nitrogens is 1. The van der Waals surface area contributed by atoms with Crippen molar-refractivity contribution in [1.29, 1.82) is 0 Å². The topological polar surface area (TPSA) is 85.5 Å². The van der Waals surface area contributed by atoms with E-state index in [0.29, 0.717) is 22.3 Å². The van der Waals surface area contributed by atoms with E-state index in [1.54, 1.807) is 39.5 Å². The van der Waals surface area contributed by atoms with Gasteiger partial charge in [0.05, 0.1) is 43.3 Å². The van der Waals surface area contributed by atoms with Crippen LogP contribution in [0.2, 0.25) is 0 Å². The molecule has 142 valence electrons. The first-order valence-electron chi connectivity index (χ1n) is 8.27. The van der Waals surface area contributed by atoms with E-state index in [1.807, 2.05) is 25.1 Å². The van der Waals surface area contributed by atoms with Crippen LogP contribution >= 0.6 is 11.8 Å². The molecule has 0 fully saturated rings. The minimum absolute atomic E-state index is 0.162. The third-order valence-corrected chi connectivity index (χ3v) is 4.97. The minimum Gasteiger partial charge on any atom is -0.497 e. The first-order valence-corrected chi connectivity index (χ1v) is 9.15. The fourth-order valence-electron chi connectivity index (χ4n) is 2.52. The molecule has 0 spiro atoms. The molecule has 0 aliphatic carbocycles. The Balaban J connectivity index is 1.72. The van der Waals surface area contributed by atoms with Crippen molar-refractivity contribution >= 4 is 34.4 Å². The molecule has 2 N–H and O–H groups in total. The van der Waals surface area contributed by atoms with E-state index >= 15 is 0 Å². The summed E-state index contributed by atoms with van der Waals surface area (Å²) in [5.74, 6) is 1.79. The van der Waals surface area contributed by atoms with Gasteiger partial charge in [0.25, 0.3) is 0 Å². The maximum atomic E-state index is 12.6. The molecule has 1 atom stereocenters. The number of methoxy groups -OCH3 is 3. The van der Waals surface area contributed by atoms with Gasteiger partial charge in [-0.05, 0) is 31.2 Å². The average molecular weight is 387 g/mol. The highest BCUT2D eigenvalue weighted by molar-refractivity contribution is 8.00. The number of carbonyl (C=O) groups excluding carboxylic acids is 1. The maximum absolute atomic E-state index is 12.6. The van der Waals surface area contributed by atoms with E-state index in [0.717, 1.165) is 16.8 Å².